The average Bonchev–Trinajstić information content (AvgIpc) is 4.13. The molecule has 14 nitrogen and oxygen atoms in total. The molecule has 4 amide bonds. The van der Waals surface area contributed by atoms with Gasteiger partial charge in [0.25, 0.3) is 11.8 Å². The van der Waals surface area contributed by atoms with Crippen LogP contribution in [0.4, 0.5) is 9.59 Å². The van der Waals surface area contributed by atoms with Gasteiger partial charge in [-0.15, -0.1) is 0 Å². The van der Waals surface area contributed by atoms with Crippen molar-refractivity contribution in [1.29, 1.82) is 0 Å². The van der Waals surface area contributed by atoms with E-state index in [-0.39, 0.29) is 29.8 Å². The molecule has 0 spiro atoms. The molecule has 5 heterocycles. The number of thiophene rings is 1. The molecule has 8 rings (SSSR count). The number of methoxy groups -OCH3 is 2. The molecule has 0 bridgehead atoms. The molecule has 4 atom stereocenters. The minimum Gasteiger partial charge on any atom is -0.453 e. The Labute approximate surface area is 351 Å². The molecule has 2 aliphatic heterocycles. The highest BCUT2D eigenvalue weighted by Crippen LogP contribution is 2.36. The van der Waals surface area contributed by atoms with Gasteiger partial charge in [-0.1, -0.05) is 62.4 Å². The summed E-state index contributed by atoms with van der Waals surface area (Å²) in [5.41, 5.74) is 6.59. The van der Waals surface area contributed by atoms with Crippen LogP contribution in [0, 0.1) is 5.92 Å². The number of carbonyl (C=O) groups is 4. The van der Waals surface area contributed by atoms with Gasteiger partial charge >= 0.3 is 12.2 Å². The smallest absolute Gasteiger partial charge is 0.453 e. The van der Waals surface area contributed by atoms with E-state index in [2.05, 4.69) is 75.9 Å². The van der Waals surface area contributed by atoms with Crippen LogP contribution in [0.2, 0.25) is 0 Å². The summed E-state index contributed by atoms with van der Waals surface area (Å²) >= 11 is 1.47. The number of rotatable bonds is 11. The third-order valence-electron chi connectivity index (χ3n) is 11.7. The van der Waals surface area contributed by atoms with Crippen LogP contribution in [0.1, 0.15) is 74.9 Å². The van der Waals surface area contributed by atoms with Crippen molar-refractivity contribution in [2.24, 2.45) is 5.92 Å². The summed E-state index contributed by atoms with van der Waals surface area (Å²) in [6, 6.07) is 21.1. The van der Waals surface area contributed by atoms with Gasteiger partial charge in [-0.05, 0) is 87.7 Å². The lowest BCUT2D eigenvalue weighted by atomic mass is 9.98. The lowest BCUT2D eigenvalue weighted by Gasteiger charge is -2.28. The maximum absolute atomic E-state index is 13.8. The number of likely N-dealkylation sites (tertiary alicyclic amines) is 2. The van der Waals surface area contributed by atoms with E-state index in [0.29, 0.717) is 18.9 Å². The number of aromatic amines is 2. The number of primary amides is 1. The van der Waals surface area contributed by atoms with Crippen LogP contribution in [0.5, 0.6) is 0 Å². The molecule has 0 radical (unpaired) electrons. The fourth-order valence-electron chi connectivity index (χ4n) is 8.39. The van der Waals surface area contributed by atoms with Crippen LogP contribution in [0.15, 0.2) is 89.9 Å². The average molecular weight is 830 g/mol. The summed E-state index contributed by atoms with van der Waals surface area (Å²) in [5.74, 6) is 1.12. The van der Waals surface area contributed by atoms with Gasteiger partial charge in [0, 0.05) is 24.6 Å². The maximum Gasteiger partial charge on any atom is 0.513 e. The Morgan fingerprint density at radius 2 is 1.32 bits per heavy atom. The third kappa shape index (κ3) is 8.27. The predicted molar refractivity (Wildman–Crippen MR) is 227 cm³/mol. The van der Waals surface area contributed by atoms with Crippen molar-refractivity contribution in [1.82, 2.24) is 35.1 Å². The number of aromatic nitrogens is 4. The molecule has 310 valence electrons. The molecule has 60 heavy (non-hydrogen) atoms. The van der Waals surface area contributed by atoms with Crippen LogP contribution >= 0.6 is 11.3 Å². The predicted octanol–water partition coefficient (Wildman–Crippen LogP) is 7.13. The number of hydrogen-bond acceptors (Lipinski definition) is 9. The number of amides is 4. The maximum atomic E-state index is 13.8. The van der Waals surface area contributed by atoms with Gasteiger partial charge in [-0.3, -0.25) is 9.59 Å². The lowest BCUT2D eigenvalue weighted by molar-refractivity contribution is -0.601. The normalized spacial score (nSPS) is 17.6. The van der Waals surface area contributed by atoms with Gasteiger partial charge < -0.3 is 34.6 Å². The second-order valence-corrected chi connectivity index (χ2v) is 16.5. The van der Waals surface area contributed by atoms with E-state index in [0.717, 1.165) is 81.5 Å². The number of hydrogen-bond donors (Lipinski definition) is 4. The zero-order chi connectivity index (χ0) is 41.9. The number of nitrogens with zero attached hydrogens (tertiary/aromatic N) is 4. The summed E-state index contributed by atoms with van der Waals surface area (Å²) in [4.78, 5) is 71.7. The molecule has 5 N–H and O–H groups in total. The van der Waals surface area contributed by atoms with Gasteiger partial charge in [0.1, 0.15) is 17.7 Å². The number of quaternary nitrogens is 1. The fraction of sp³-hybridized carbons (Fsp3) is 0.333. The molecule has 3 aromatic heterocycles. The van der Waals surface area contributed by atoms with Crippen molar-refractivity contribution in [3.8, 4) is 33.6 Å². The quantitative estimate of drug-likeness (QED) is 0.107. The van der Waals surface area contributed by atoms with Gasteiger partial charge in [-0.2, -0.15) is 16.1 Å². The fourth-order valence-corrected chi connectivity index (χ4v) is 9.08. The molecule has 15 heteroatoms. The molecule has 6 aromatic rings. The van der Waals surface area contributed by atoms with Crippen LogP contribution in [-0.2, 0) is 19.1 Å². The zero-order valence-electron chi connectivity index (χ0n) is 34.0. The van der Waals surface area contributed by atoms with Crippen LogP contribution < -0.4 is 10.6 Å². The molecule has 2 fully saturated rings. The van der Waals surface area contributed by atoms with Crippen LogP contribution in [0.3, 0.4) is 0 Å². The van der Waals surface area contributed by atoms with E-state index in [1.807, 2.05) is 48.0 Å². The topological polar surface area (TPSA) is 179 Å². The molecule has 3 aromatic carbocycles. The number of imidazole rings is 2. The molecular formula is C45H49N8O6S+. The molecule has 4 unspecified atom stereocenters. The third-order valence-corrected chi connectivity index (χ3v) is 12.4. The van der Waals surface area contributed by atoms with Gasteiger partial charge in [0.2, 0.25) is 0 Å². The Hall–Kier alpha value is -6.32. The van der Waals surface area contributed by atoms with Crippen molar-refractivity contribution in [3.05, 3.63) is 107 Å². The summed E-state index contributed by atoms with van der Waals surface area (Å²) < 4.78 is 9.64. The molecule has 0 aliphatic carbocycles. The molecule has 2 saturated heterocycles. The largest absolute Gasteiger partial charge is 0.513 e. The Bertz CT molecular complexity index is 2500. The molecule has 2 aliphatic rings. The number of carbonyl (C=O) groups excluding carboxylic acids is 4. The summed E-state index contributed by atoms with van der Waals surface area (Å²) in [6.45, 7) is 5.05. The SMILES string of the molecule is COC(=O)NC(C(=O)N1CCCC1c1ncc(-c2ccc(-c3ccc4cc(-c5cnc(C6CCCN6C(=O)C([NH2+]C(=O)OC)C(C)C)[nH]5)ccc4c3)cc2)[nH]1)c1ccsc1. The monoisotopic (exact) mass is 829 g/mol. The summed E-state index contributed by atoms with van der Waals surface area (Å²) in [5, 5.41) is 10.0. The highest BCUT2D eigenvalue weighted by molar-refractivity contribution is 7.08. The highest BCUT2D eigenvalue weighted by atomic mass is 32.1. The van der Waals surface area contributed by atoms with Crippen molar-refractivity contribution in [2.75, 3.05) is 27.3 Å². The van der Waals surface area contributed by atoms with E-state index in [9.17, 15) is 19.2 Å². The Kier molecular flexibility index (Phi) is 11.8. The minimum atomic E-state index is -0.842. The van der Waals surface area contributed by atoms with Crippen molar-refractivity contribution >= 4 is 46.1 Å². The number of nitrogens with two attached hydrogens (primary N) is 1. The van der Waals surface area contributed by atoms with E-state index in [4.69, 9.17) is 19.4 Å². The van der Waals surface area contributed by atoms with Gasteiger partial charge in [0.15, 0.2) is 6.04 Å². The summed E-state index contributed by atoms with van der Waals surface area (Å²) in [7, 11) is 2.61. The number of H-pyrrole nitrogens is 2. The van der Waals surface area contributed by atoms with Gasteiger partial charge in [0.05, 0.1) is 50.1 Å². The number of ether oxygens (including phenoxy) is 2. The number of benzene rings is 3. The second kappa shape index (κ2) is 17.5. The second-order valence-electron chi connectivity index (χ2n) is 15.7. The summed E-state index contributed by atoms with van der Waals surface area (Å²) in [6.07, 6.45) is 5.73. The van der Waals surface area contributed by atoms with Gasteiger partial charge in [-0.25, -0.2) is 20.1 Å². The van der Waals surface area contributed by atoms with Crippen molar-refractivity contribution < 1.29 is 34.0 Å². The minimum absolute atomic E-state index is 0.0515. The standard InChI is InChI=1S/C45H48N8O6S/c1-26(2)38(50-44(56)58-3)42(54)52-18-5-7-36(52)41-47-24-35(49-41)32-16-15-30-21-29(13-14-31(30)22-32)27-9-11-28(12-10-27)34-23-46-40(48-34)37-8-6-19-53(37)43(55)39(51-45(57)59-4)33-17-20-60-25-33/h9-17,20-26,36-39H,5-8,18-19H2,1-4H3,(H,46,48)(H,47,49)(H,50,56)(H,51,57)/p+1. The van der Waals surface area contributed by atoms with E-state index in [1.54, 1.807) is 4.90 Å². The first kappa shape index (κ1) is 40.5. The van der Waals surface area contributed by atoms with E-state index >= 15 is 0 Å². The first-order valence-electron chi connectivity index (χ1n) is 20.3. The van der Waals surface area contributed by atoms with E-state index in [1.165, 1.54) is 30.9 Å². The first-order chi connectivity index (χ1) is 29.1. The zero-order valence-corrected chi connectivity index (χ0v) is 34.8. The number of alkyl carbamates (subject to hydrolysis) is 1. The lowest BCUT2D eigenvalue weighted by Crippen LogP contribution is -2.96. The van der Waals surface area contributed by atoms with Crippen molar-refractivity contribution in [3.63, 3.8) is 0 Å². The number of fused-ring (bicyclic) bond motifs is 1. The molecule has 0 saturated carbocycles. The molecular weight excluding hydrogens is 781 g/mol. The Morgan fingerprint density at radius 1 is 0.750 bits per heavy atom. The Morgan fingerprint density at radius 3 is 1.90 bits per heavy atom. The van der Waals surface area contributed by atoms with Crippen LogP contribution in [0.25, 0.3) is 44.4 Å². The number of nitrogens with one attached hydrogen (secondary N) is 3. The van der Waals surface area contributed by atoms with Crippen LogP contribution in [-0.4, -0.2) is 87.1 Å². The van der Waals surface area contributed by atoms with Crippen molar-refractivity contribution in [2.45, 2.75) is 63.7 Å². The highest BCUT2D eigenvalue weighted by Gasteiger charge is 2.40. The Balaban J connectivity index is 0.941. The first-order valence-corrected chi connectivity index (χ1v) is 21.2. The van der Waals surface area contributed by atoms with E-state index < -0.39 is 24.3 Å².